The molecule has 1 amide bonds. The van der Waals surface area contributed by atoms with E-state index >= 15 is 0 Å². The molecule has 0 bridgehead atoms. The Morgan fingerprint density at radius 3 is 2.71 bits per heavy atom. The zero-order valence-corrected chi connectivity index (χ0v) is 9.63. The van der Waals surface area contributed by atoms with Crippen LogP contribution in [0.25, 0.3) is 0 Å². The van der Waals surface area contributed by atoms with E-state index in [1.807, 2.05) is 31.2 Å². The Bertz CT molecular complexity index is 453. The van der Waals surface area contributed by atoms with Crippen LogP contribution in [-0.2, 0) is 4.79 Å². The summed E-state index contributed by atoms with van der Waals surface area (Å²) < 4.78 is 0. The van der Waals surface area contributed by atoms with E-state index in [0.717, 1.165) is 11.3 Å². The topological polar surface area (TPSA) is 78.9 Å². The average Bonchev–Trinajstić information content (AvgIpc) is 2.71. The molecule has 1 aromatic rings. The van der Waals surface area contributed by atoms with Gasteiger partial charge in [-0.1, -0.05) is 22.9 Å². The fourth-order valence-electron chi connectivity index (χ4n) is 1.96. The molecule has 2 rings (SSSR count). The maximum atomic E-state index is 11.8. The van der Waals surface area contributed by atoms with E-state index in [1.165, 1.54) is 0 Å². The summed E-state index contributed by atoms with van der Waals surface area (Å²) in [5.41, 5.74) is 7.53. The number of aryl methyl sites for hydroxylation is 1. The molecular formula is C12H15N3O2. The van der Waals surface area contributed by atoms with Gasteiger partial charge in [-0.25, -0.2) is 0 Å². The summed E-state index contributed by atoms with van der Waals surface area (Å²) in [6, 6.07) is 7.72. The van der Waals surface area contributed by atoms with E-state index in [-0.39, 0.29) is 17.7 Å². The Labute approximate surface area is 99.5 Å². The van der Waals surface area contributed by atoms with Crippen LogP contribution in [0.4, 0.5) is 5.69 Å². The SMILES string of the molecule is Cc1ccc(N2C[C@@H](/C(N)=N\O)CC2=O)cc1. The second kappa shape index (κ2) is 4.45. The van der Waals surface area contributed by atoms with Crippen LogP contribution in [-0.4, -0.2) is 23.5 Å². The third kappa shape index (κ3) is 2.22. The Morgan fingerprint density at radius 1 is 1.47 bits per heavy atom. The van der Waals surface area contributed by atoms with Gasteiger partial charge in [0.1, 0.15) is 5.84 Å². The number of hydrogen-bond acceptors (Lipinski definition) is 3. The van der Waals surface area contributed by atoms with Gasteiger partial charge in [0, 0.05) is 24.6 Å². The molecule has 5 heteroatoms. The van der Waals surface area contributed by atoms with Crippen molar-refractivity contribution >= 4 is 17.4 Å². The fraction of sp³-hybridized carbons (Fsp3) is 0.333. The van der Waals surface area contributed by atoms with Crippen molar-refractivity contribution in [1.29, 1.82) is 0 Å². The van der Waals surface area contributed by atoms with Crippen molar-refractivity contribution in [2.45, 2.75) is 13.3 Å². The molecular weight excluding hydrogens is 218 g/mol. The lowest BCUT2D eigenvalue weighted by atomic mass is 10.1. The van der Waals surface area contributed by atoms with E-state index in [4.69, 9.17) is 10.9 Å². The van der Waals surface area contributed by atoms with Gasteiger partial charge in [0.05, 0.1) is 0 Å². The number of nitrogens with two attached hydrogens (primary N) is 1. The Balaban J connectivity index is 2.18. The minimum Gasteiger partial charge on any atom is -0.409 e. The first-order chi connectivity index (χ1) is 8.11. The molecule has 1 aliphatic heterocycles. The van der Waals surface area contributed by atoms with Crippen molar-refractivity contribution in [2.75, 3.05) is 11.4 Å². The molecule has 0 aromatic heterocycles. The van der Waals surface area contributed by atoms with Crippen molar-refractivity contribution < 1.29 is 10.0 Å². The van der Waals surface area contributed by atoms with Gasteiger partial charge in [-0.05, 0) is 19.1 Å². The highest BCUT2D eigenvalue weighted by Crippen LogP contribution is 2.25. The number of anilines is 1. The Hall–Kier alpha value is -2.04. The summed E-state index contributed by atoms with van der Waals surface area (Å²) in [6.45, 7) is 2.46. The minimum absolute atomic E-state index is 0.00505. The smallest absolute Gasteiger partial charge is 0.227 e. The number of amidine groups is 1. The fourth-order valence-corrected chi connectivity index (χ4v) is 1.96. The molecule has 1 fully saturated rings. The van der Waals surface area contributed by atoms with Gasteiger partial charge in [0.25, 0.3) is 0 Å². The number of oxime groups is 1. The first-order valence-corrected chi connectivity index (χ1v) is 5.46. The van der Waals surface area contributed by atoms with E-state index < -0.39 is 0 Å². The Kier molecular flexibility index (Phi) is 2.99. The normalized spacial score (nSPS) is 21.0. The summed E-state index contributed by atoms with van der Waals surface area (Å²) in [7, 11) is 0. The predicted octanol–water partition coefficient (Wildman–Crippen LogP) is 1.09. The van der Waals surface area contributed by atoms with Gasteiger partial charge < -0.3 is 15.8 Å². The first-order valence-electron chi connectivity index (χ1n) is 5.46. The number of benzene rings is 1. The summed E-state index contributed by atoms with van der Waals surface area (Å²) in [4.78, 5) is 13.5. The molecule has 1 heterocycles. The molecule has 0 radical (unpaired) electrons. The van der Waals surface area contributed by atoms with Crippen LogP contribution in [0, 0.1) is 12.8 Å². The van der Waals surface area contributed by atoms with Gasteiger partial charge in [0.2, 0.25) is 5.91 Å². The standard InChI is InChI=1S/C12H15N3O2/c1-8-2-4-10(5-3-8)15-7-9(6-11(15)16)12(13)14-17/h2-5,9,17H,6-7H2,1H3,(H2,13,14)/t9-/m0/s1. The van der Waals surface area contributed by atoms with Crippen LogP contribution in [0.15, 0.2) is 29.4 Å². The largest absolute Gasteiger partial charge is 0.409 e. The predicted molar refractivity (Wildman–Crippen MR) is 65.0 cm³/mol. The van der Waals surface area contributed by atoms with E-state index in [2.05, 4.69) is 5.16 Å². The monoisotopic (exact) mass is 233 g/mol. The maximum Gasteiger partial charge on any atom is 0.227 e. The van der Waals surface area contributed by atoms with Crippen LogP contribution in [0.3, 0.4) is 0 Å². The lowest BCUT2D eigenvalue weighted by Crippen LogP contribution is -2.28. The number of hydrogen-bond donors (Lipinski definition) is 2. The van der Waals surface area contributed by atoms with Crippen LogP contribution in [0.2, 0.25) is 0 Å². The highest BCUT2D eigenvalue weighted by Gasteiger charge is 2.33. The number of amides is 1. The molecule has 17 heavy (non-hydrogen) atoms. The van der Waals surface area contributed by atoms with Crippen LogP contribution < -0.4 is 10.6 Å². The lowest BCUT2D eigenvalue weighted by Gasteiger charge is -2.16. The van der Waals surface area contributed by atoms with Crippen molar-refractivity contribution in [3.8, 4) is 0 Å². The molecule has 5 nitrogen and oxygen atoms in total. The quantitative estimate of drug-likeness (QED) is 0.347. The lowest BCUT2D eigenvalue weighted by molar-refractivity contribution is -0.117. The summed E-state index contributed by atoms with van der Waals surface area (Å²) >= 11 is 0. The second-order valence-corrected chi connectivity index (χ2v) is 4.27. The summed E-state index contributed by atoms with van der Waals surface area (Å²) in [6.07, 6.45) is 0.295. The van der Waals surface area contributed by atoms with Crippen LogP contribution in [0.1, 0.15) is 12.0 Å². The highest BCUT2D eigenvalue weighted by atomic mass is 16.4. The molecule has 1 aromatic carbocycles. The van der Waals surface area contributed by atoms with E-state index in [0.29, 0.717) is 13.0 Å². The van der Waals surface area contributed by atoms with E-state index in [9.17, 15) is 4.79 Å². The molecule has 90 valence electrons. The van der Waals surface area contributed by atoms with Crippen molar-refractivity contribution in [3.05, 3.63) is 29.8 Å². The number of rotatable bonds is 2. The van der Waals surface area contributed by atoms with Gasteiger partial charge in [-0.3, -0.25) is 4.79 Å². The van der Waals surface area contributed by atoms with Crippen LogP contribution in [0.5, 0.6) is 0 Å². The third-order valence-electron chi connectivity index (χ3n) is 3.00. The number of nitrogens with zero attached hydrogens (tertiary/aromatic N) is 2. The molecule has 0 aliphatic carbocycles. The zero-order valence-electron chi connectivity index (χ0n) is 9.63. The van der Waals surface area contributed by atoms with Gasteiger partial charge >= 0.3 is 0 Å². The van der Waals surface area contributed by atoms with Crippen molar-refractivity contribution in [1.82, 2.24) is 0 Å². The second-order valence-electron chi connectivity index (χ2n) is 4.27. The van der Waals surface area contributed by atoms with Crippen molar-refractivity contribution in [2.24, 2.45) is 16.8 Å². The maximum absolute atomic E-state index is 11.8. The van der Waals surface area contributed by atoms with Gasteiger partial charge in [-0.15, -0.1) is 0 Å². The van der Waals surface area contributed by atoms with Crippen molar-refractivity contribution in [3.63, 3.8) is 0 Å². The average molecular weight is 233 g/mol. The summed E-state index contributed by atoms with van der Waals surface area (Å²) in [5, 5.41) is 11.6. The van der Waals surface area contributed by atoms with Crippen LogP contribution >= 0.6 is 0 Å². The minimum atomic E-state index is -0.200. The zero-order chi connectivity index (χ0) is 12.4. The summed E-state index contributed by atoms with van der Waals surface area (Å²) in [5.74, 6) is -0.0767. The van der Waals surface area contributed by atoms with E-state index in [1.54, 1.807) is 4.90 Å². The van der Waals surface area contributed by atoms with Gasteiger partial charge in [0.15, 0.2) is 0 Å². The molecule has 3 N–H and O–H groups in total. The molecule has 1 saturated heterocycles. The molecule has 1 aliphatic rings. The number of carbonyl (C=O) groups excluding carboxylic acids is 1. The third-order valence-corrected chi connectivity index (χ3v) is 3.00. The first kappa shape index (κ1) is 11.4. The van der Waals surface area contributed by atoms with Gasteiger partial charge in [-0.2, -0.15) is 0 Å². The highest BCUT2D eigenvalue weighted by molar-refractivity contribution is 6.01. The molecule has 1 atom stereocenters. The molecule has 0 saturated carbocycles. The number of carbonyl (C=O) groups is 1. The molecule has 0 unspecified atom stereocenters. The molecule has 0 spiro atoms. The Morgan fingerprint density at radius 2 is 2.12 bits per heavy atom.